The van der Waals surface area contributed by atoms with E-state index in [4.69, 9.17) is 27.6 Å². The van der Waals surface area contributed by atoms with E-state index in [0.717, 1.165) is 5.76 Å². The molecule has 1 aromatic carbocycles. The summed E-state index contributed by atoms with van der Waals surface area (Å²) in [7, 11) is 0. The number of hydrogen-bond donors (Lipinski definition) is 0. The lowest BCUT2D eigenvalue weighted by Crippen LogP contribution is -1.95. The average Bonchev–Trinajstić information content (AvgIpc) is 2.75. The molecule has 1 heterocycles. The fraction of sp³-hybridized carbons (Fsp3) is 0.0714. The van der Waals surface area contributed by atoms with Crippen molar-refractivity contribution in [3.8, 4) is 0 Å². The Kier molecular flexibility index (Phi) is 3.90. The third-order valence-electron chi connectivity index (χ3n) is 2.35. The van der Waals surface area contributed by atoms with Crippen LogP contribution in [0.1, 0.15) is 21.9 Å². The average molecular weight is 281 g/mol. The monoisotopic (exact) mass is 280 g/mol. The molecule has 0 saturated carbocycles. The Hall–Kier alpha value is -1.51. The molecule has 0 radical (unpaired) electrons. The number of rotatable bonds is 3. The number of allylic oxidation sites excluding steroid dienone is 1. The zero-order chi connectivity index (χ0) is 13.1. The van der Waals surface area contributed by atoms with Gasteiger partial charge in [0.25, 0.3) is 0 Å². The Labute approximate surface area is 115 Å². The van der Waals surface area contributed by atoms with Crippen LogP contribution < -0.4 is 0 Å². The summed E-state index contributed by atoms with van der Waals surface area (Å²) in [6.07, 6.45) is 3.02. The van der Waals surface area contributed by atoms with Crippen LogP contribution in [0.5, 0.6) is 0 Å². The standard InChI is InChI=1S/C14H10Cl2O2/c1-9-2-4-11(18-9)5-7-14(17)12-8-10(15)3-6-13(12)16/h2-8H,1H3/b7-5+. The Balaban J connectivity index is 2.22. The number of furan rings is 1. The first-order valence-corrected chi connectivity index (χ1v) is 6.06. The number of ketones is 1. The second-order valence-corrected chi connectivity index (χ2v) is 4.61. The predicted molar refractivity (Wildman–Crippen MR) is 73.3 cm³/mol. The molecule has 0 aliphatic heterocycles. The summed E-state index contributed by atoms with van der Waals surface area (Å²) in [5, 5.41) is 0.856. The van der Waals surface area contributed by atoms with Crippen LogP contribution in [0.4, 0.5) is 0 Å². The molecule has 2 rings (SSSR count). The fourth-order valence-corrected chi connectivity index (χ4v) is 1.86. The second-order valence-electron chi connectivity index (χ2n) is 3.77. The van der Waals surface area contributed by atoms with Gasteiger partial charge >= 0.3 is 0 Å². The minimum atomic E-state index is -0.212. The molecule has 0 N–H and O–H groups in total. The second kappa shape index (κ2) is 5.42. The Morgan fingerprint density at radius 2 is 2.00 bits per heavy atom. The molecular formula is C14H10Cl2O2. The van der Waals surface area contributed by atoms with Gasteiger partial charge in [0, 0.05) is 10.6 Å². The van der Waals surface area contributed by atoms with Crippen molar-refractivity contribution in [2.45, 2.75) is 6.92 Å². The third kappa shape index (κ3) is 3.03. The summed E-state index contributed by atoms with van der Waals surface area (Å²) < 4.78 is 5.33. The van der Waals surface area contributed by atoms with Gasteiger partial charge in [-0.2, -0.15) is 0 Å². The topological polar surface area (TPSA) is 30.2 Å². The van der Waals surface area contributed by atoms with Gasteiger partial charge in [0.15, 0.2) is 5.78 Å². The summed E-state index contributed by atoms with van der Waals surface area (Å²) in [6.45, 7) is 1.84. The molecule has 0 bridgehead atoms. The smallest absolute Gasteiger partial charge is 0.187 e. The van der Waals surface area contributed by atoms with Crippen LogP contribution in [0.25, 0.3) is 6.08 Å². The molecule has 4 heteroatoms. The molecule has 0 aliphatic carbocycles. The normalized spacial score (nSPS) is 11.1. The number of aryl methyl sites for hydroxylation is 1. The van der Waals surface area contributed by atoms with Crippen LogP contribution in [-0.2, 0) is 0 Å². The van der Waals surface area contributed by atoms with E-state index in [1.807, 2.05) is 13.0 Å². The largest absolute Gasteiger partial charge is 0.462 e. The molecule has 0 amide bonds. The van der Waals surface area contributed by atoms with Crippen molar-refractivity contribution in [1.82, 2.24) is 0 Å². The fourth-order valence-electron chi connectivity index (χ4n) is 1.48. The summed E-state index contributed by atoms with van der Waals surface area (Å²) >= 11 is 11.8. The van der Waals surface area contributed by atoms with E-state index in [-0.39, 0.29) is 5.78 Å². The van der Waals surface area contributed by atoms with Crippen LogP contribution in [0.3, 0.4) is 0 Å². The molecule has 0 spiro atoms. The minimum Gasteiger partial charge on any atom is -0.462 e. The highest BCUT2D eigenvalue weighted by molar-refractivity contribution is 6.36. The van der Waals surface area contributed by atoms with Gasteiger partial charge in [-0.3, -0.25) is 4.79 Å². The SMILES string of the molecule is Cc1ccc(/C=C/C(=O)c2cc(Cl)ccc2Cl)o1. The van der Waals surface area contributed by atoms with Gasteiger partial charge in [0.2, 0.25) is 0 Å². The lowest BCUT2D eigenvalue weighted by Gasteiger charge is -1.99. The van der Waals surface area contributed by atoms with Gasteiger partial charge < -0.3 is 4.42 Å². The number of benzene rings is 1. The summed E-state index contributed by atoms with van der Waals surface area (Å²) in [5.41, 5.74) is 0.378. The quantitative estimate of drug-likeness (QED) is 0.598. The van der Waals surface area contributed by atoms with Crippen molar-refractivity contribution in [1.29, 1.82) is 0 Å². The van der Waals surface area contributed by atoms with Crippen molar-refractivity contribution in [2.75, 3.05) is 0 Å². The number of hydrogen-bond acceptors (Lipinski definition) is 2. The molecule has 92 valence electrons. The molecule has 0 unspecified atom stereocenters. The maximum Gasteiger partial charge on any atom is 0.187 e. The Morgan fingerprint density at radius 3 is 2.67 bits per heavy atom. The number of carbonyl (C=O) groups excluding carboxylic acids is 1. The molecule has 0 fully saturated rings. The lowest BCUT2D eigenvalue weighted by molar-refractivity contribution is 0.104. The van der Waals surface area contributed by atoms with Crippen LogP contribution in [0, 0.1) is 6.92 Å². The van der Waals surface area contributed by atoms with Gasteiger partial charge in [0.05, 0.1) is 5.02 Å². The minimum absolute atomic E-state index is 0.212. The molecule has 18 heavy (non-hydrogen) atoms. The maximum absolute atomic E-state index is 11.9. The maximum atomic E-state index is 11.9. The van der Waals surface area contributed by atoms with Gasteiger partial charge in [-0.1, -0.05) is 23.2 Å². The van der Waals surface area contributed by atoms with E-state index in [1.54, 1.807) is 30.3 Å². The van der Waals surface area contributed by atoms with Gasteiger partial charge in [-0.15, -0.1) is 0 Å². The van der Waals surface area contributed by atoms with Crippen LogP contribution in [-0.4, -0.2) is 5.78 Å². The van der Waals surface area contributed by atoms with E-state index in [0.29, 0.717) is 21.4 Å². The zero-order valence-corrected chi connectivity index (χ0v) is 11.1. The zero-order valence-electron chi connectivity index (χ0n) is 9.61. The van der Waals surface area contributed by atoms with Crippen molar-refractivity contribution < 1.29 is 9.21 Å². The van der Waals surface area contributed by atoms with Crippen molar-refractivity contribution >= 4 is 35.1 Å². The number of halogens is 2. The lowest BCUT2D eigenvalue weighted by atomic mass is 10.1. The number of carbonyl (C=O) groups is 1. The van der Waals surface area contributed by atoms with Crippen molar-refractivity contribution in [3.63, 3.8) is 0 Å². The van der Waals surface area contributed by atoms with E-state index in [1.165, 1.54) is 6.08 Å². The van der Waals surface area contributed by atoms with E-state index in [9.17, 15) is 4.79 Å². The first kappa shape index (κ1) is 12.9. The summed E-state index contributed by atoms with van der Waals surface area (Å²) in [6, 6.07) is 8.40. The van der Waals surface area contributed by atoms with E-state index in [2.05, 4.69) is 0 Å². The molecule has 0 aliphatic rings. The van der Waals surface area contributed by atoms with Crippen LogP contribution >= 0.6 is 23.2 Å². The van der Waals surface area contributed by atoms with Gasteiger partial charge in [-0.25, -0.2) is 0 Å². The summed E-state index contributed by atoms with van der Waals surface area (Å²) in [5.74, 6) is 1.21. The molecule has 2 aromatic rings. The Morgan fingerprint density at radius 1 is 1.22 bits per heavy atom. The molecular weight excluding hydrogens is 271 g/mol. The molecule has 0 saturated heterocycles. The summed E-state index contributed by atoms with van der Waals surface area (Å²) in [4.78, 5) is 11.9. The first-order chi connectivity index (χ1) is 8.56. The first-order valence-electron chi connectivity index (χ1n) is 5.30. The van der Waals surface area contributed by atoms with Crippen molar-refractivity contribution in [2.24, 2.45) is 0 Å². The highest BCUT2D eigenvalue weighted by Crippen LogP contribution is 2.21. The Bertz CT molecular complexity index is 612. The highest BCUT2D eigenvalue weighted by Gasteiger charge is 2.08. The molecule has 2 nitrogen and oxygen atoms in total. The van der Waals surface area contributed by atoms with E-state index >= 15 is 0 Å². The third-order valence-corrected chi connectivity index (χ3v) is 2.92. The van der Waals surface area contributed by atoms with E-state index < -0.39 is 0 Å². The van der Waals surface area contributed by atoms with Crippen molar-refractivity contribution in [3.05, 3.63) is 63.5 Å². The molecule has 1 aromatic heterocycles. The van der Waals surface area contributed by atoms with Gasteiger partial charge in [-0.05, 0) is 49.4 Å². The highest BCUT2D eigenvalue weighted by atomic mass is 35.5. The molecule has 0 atom stereocenters. The predicted octanol–water partition coefficient (Wildman–Crippen LogP) is 4.79. The van der Waals surface area contributed by atoms with Gasteiger partial charge in [0.1, 0.15) is 11.5 Å². The van der Waals surface area contributed by atoms with Crippen LogP contribution in [0.15, 0.2) is 40.8 Å². The van der Waals surface area contributed by atoms with Crippen LogP contribution in [0.2, 0.25) is 10.0 Å².